The number of alkyl carbamates (subject to hydrolysis) is 1. The van der Waals surface area contributed by atoms with Gasteiger partial charge in [0.1, 0.15) is 17.7 Å². The van der Waals surface area contributed by atoms with Gasteiger partial charge in [0, 0.05) is 13.1 Å². The highest BCUT2D eigenvalue weighted by Crippen LogP contribution is 2.27. The highest BCUT2D eigenvalue weighted by molar-refractivity contribution is 5.92. The van der Waals surface area contributed by atoms with Crippen molar-refractivity contribution in [2.24, 2.45) is 5.92 Å². The third-order valence-electron chi connectivity index (χ3n) is 6.60. The molecule has 0 aliphatic rings. The molecule has 0 aliphatic heterocycles. The van der Waals surface area contributed by atoms with Crippen molar-refractivity contribution in [1.82, 2.24) is 15.5 Å². The monoisotopic (exact) mass is 545 g/mol. The van der Waals surface area contributed by atoms with Gasteiger partial charge in [0.05, 0.1) is 0 Å². The number of ether oxygens (including phenoxy) is 1. The van der Waals surface area contributed by atoms with Gasteiger partial charge in [0.25, 0.3) is 0 Å². The Balaban J connectivity index is 3.42. The maximum atomic E-state index is 14.3. The molecule has 1 aromatic rings. The van der Waals surface area contributed by atoms with Crippen molar-refractivity contribution in [2.75, 3.05) is 13.1 Å². The van der Waals surface area contributed by atoms with Crippen molar-refractivity contribution >= 4 is 17.9 Å². The van der Waals surface area contributed by atoms with E-state index in [0.717, 1.165) is 43.2 Å². The van der Waals surface area contributed by atoms with Crippen LogP contribution in [0.1, 0.15) is 123 Å². The van der Waals surface area contributed by atoms with Crippen LogP contribution in [-0.4, -0.2) is 47.5 Å². The molecule has 2 atom stereocenters. The Bertz CT molecular complexity index is 878. The molecular weight excluding hydrogens is 490 g/mol. The van der Waals surface area contributed by atoms with Crippen molar-refractivity contribution in [3.63, 3.8) is 0 Å². The predicted molar refractivity (Wildman–Crippen MR) is 160 cm³/mol. The Kier molecular flexibility index (Phi) is 15.8. The van der Waals surface area contributed by atoms with Gasteiger partial charge >= 0.3 is 6.09 Å². The van der Waals surface area contributed by atoms with Crippen LogP contribution in [0, 0.1) is 12.8 Å². The minimum atomic E-state index is -0.796. The minimum absolute atomic E-state index is 0.153. The first kappa shape index (κ1) is 34.5. The Hall–Kier alpha value is -2.57. The number of carbonyl (C=O) groups excluding carboxylic acids is 3. The van der Waals surface area contributed by atoms with Crippen LogP contribution in [0.2, 0.25) is 0 Å². The summed E-state index contributed by atoms with van der Waals surface area (Å²) < 4.78 is 5.49. The zero-order chi connectivity index (χ0) is 29.4. The number of aryl methyl sites for hydroxylation is 1. The van der Waals surface area contributed by atoms with E-state index in [-0.39, 0.29) is 17.7 Å². The van der Waals surface area contributed by atoms with E-state index in [1.165, 1.54) is 19.3 Å². The number of hydrogen-bond acceptors (Lipinski definition) is 4. The molecule has 0 fully saturated rings. The summed E-state index contributed by atoms with van der Waals surface area (Å²) in [6.07, 6.45) is 8.06. The Labute approximate surface area is 237 Å². The van der Waals surface area contributed by atoms with Crippen molar-refractivity contribution in [1.29, 1.82) is 0 Å². The number of carbonyl (C=O) groups is 3. The molecule has 0 spiro atoms. The van der Waals surface area contributed by atoms with Crippen LogP contribution in [0.15, 0.2) is 24.3 Å². The number of benzene rings is 1. The standard InChI is InChI=1S/C32H55N3O4/c1-9-11-13-14-15-18-22-35(30(37)27(23-24(3)4)34-31(38)39-32(6,7)8)28(29(36)33-21-12-10-2)26-20-17-16-19-25(26)5/h16-17,19-20,24,27-28H,9-15,18,21-23H2,1-8H3,(H,33,36)(H,34,38). The molecule has 7 heteroatoms. The first-order valence-electron chi connectivity index (χ1n) is 15.0. The molecule has 0 aromatic heterocycles. The van der Waals surface area contributed by atoms with Gasteiger partial charge in [-0.2, -0.15) is 0 Å². The maximum Gasteiger partial charge on any atom is 0.408 e. The molecular formula is C32H55N3O4. The molecule has 7 nitrogen and oxygen atoms in total. The van der Waals surface area contributed by atoms with E-state index in [4.69, 9.17) is 4.74 Å². The van der Waals surface area contributed by atoms with Crippen molar-refractivity contribution in [2.45, 2.75) is 131 Å². The van der Waals surface area contributed by atoms with Gasteiger partial charge in [-0.15, -0.1) is 0 Å². The molecule has 39 heavy (non-hydrogen) atoms. The molecule has 2 unspecified atom stereocenters. The first-order valence-corrected chi connectivity index (χ1v) is 15.0. The maximum absolute atomic E-state index is 14.3. The molecule has 0 saturated carbocycles. The number of nitrogens with one attached hydrogen (secondary N) is 2. The van der Waals surface area contributed by atoms with E-state index in [0.29, 0.717) is 19.5 Å². The molecule has 1 rings (SSSR count). The molecule has 0 saturated heterocycles. The number of unbranched alkanes of at least 4 members (excludes halogenated alkanes) is 6. The summed E-state index contributed by atoms with van der Waals surface area (Å²) in [4.78, 5) is 42.5. The summed E-state index contributed by atoms with van der Waals surface area (Å²) in [7, 11) is 0. The summed E-state index contributed by atoms with van der Waals surface area (Å²) >= 11 is 0. The van der Waals surface area contributed by atoms with Gasteiger partial charge < -0.3 is 20.3 Å². The van der Waals surface area contributed by atoms with Crippen molar-refractivity contribution < 1.29 is 19.1 Å². The molecule has 0 aliphatic carbocycles. The fraction of sp³-hybridized carbons (Fsp3) is 0.719. The van der Waals surface area contributed by atoms with Crippen LogP contribution in [-0.2, 0) is 14.3 Å². The normalized spacial score (nSPS) is 13.1. The van der Waals surface area contributed by atoms with E-state index in [1.54, 1.807) is 25.7 Å². The van der Waals surface area contributed by atoms with E-state index in [9.17, 15) is 14.4 Å². The fourth-order valence-corrected chi connectivity index (χ4v) is 4.60. The lowest BCUT2D eigenvalue weighted by Gasteiger charge is -2.35. The number of hydrogen-bond donors (Lipinski definition) is 2. The van der Waals surface area contributed by atoms with Crippen molar-refractivity contribution in [3.05, 3.63) is 35.4 Å². The van der Waals surface area contributed by atoms with Crippen molar-refractivity contribution in [3.8, 4) is 0 Å². The molecule has 0 radical (unpaired) electrons. The second-order valence-electron chi connectivity index (χ2n) is 12.0. The van der Waals surface area contributed by atoms with Crippen LogP contribution in [0.3, 0.4) is 0 Å². The van der Waals surface area contributed by atoms with E-state index >= 15 is 0 Å². The summed E-state index contributed by atoms with van der Waals surface area (Å²) in [5.74, 6) is -0.278. The quantitative estimate of drug-likeness (QED) is 0.205. The first-order chi connectivity index (χ1) is 18.4. The average Bonchev–Trinajstić information content (AvgIpc) is 2.84. The van der Waals surface area contributed by atoms with Gasteiger partial charge in [-0.25, -0.2) is 4.79 Å². The molecule has 2 N–H and O–H groups in total. The lowest BCUT2D eigenvalue weighted by Crippen LogP contribution is -2.53. The summed E-state index contributed by atoms with van der Waals surface area (Å²) in [5.41, 5.74) is 1.08. The van der Waals surface area contributed by atoms with Crippen LogP contribution in [0.25, 0.3) is 0 Å². The fourth-order valence-electron chi connectivity index (χ4n) is 4.60. The Morgan fingerprint density at radius 1 is 0.923 bits per heavy atom. The smallest absolute Gasteiger partial charge is 0.408 e. The van der Waals surface area contributed by atoms with E-state index in [1.807, 2.05) is 45.0 Å². The molecule has 0 bridgehead atoms. The zero-order valence-corrected chi connectivity index (χ0v) is 25.9. The molecule has 3 amide bonds. The van der Waals surface area contributed by atoms with Crippen LogP contribution in [0.4, 0.5) is 4.79 Å². The van der Waals surface area contributed by atoms with Gasteiger partial charge in [-0.1, -0.05) is 90.5 Å². The summed E-state index contributed by atoms with van der Waals surface area (Å²) in [5, 5.41) is 5.90. The van der Waals surface area contributed by atoms with Gasteiger partial charge in [-0.3, -0.25) is 9.59 Å². The zero-order valence-electron chi connectivity index (χ0n) is 25.9. The van der Waals surface area contributed by atoms with Gasteiger partial charge in [0.15, 0.2) is 0 Å². The second-order valence-corrected chi connectivity index (χ2v) is 12.0. The second kappa shape index (κ2) is 17.9. The SMILES string of the molecule is CCCCCCCCN(C(=O)C(CC(C)C)NC(=O)OC(C)(C)C)C(C(=O)NCCCC)c1ccccc1C. The van der Waals surface area contributed by atoms with E-state index in [2.05, 4.69) is 24.5 Å². The predicted octanol–water partition coefficient (Wildman–Crippen LogP) is 7.08. The van der Waals surface area contributed by atoms with Crippen LogP contribution < -0.4 is 10.6 Å². The molecule has 0 heterocycles. The van der Waals surface area contributed by atoms with Gasteiger partial charge in [-0.05, 0) is 64.0 Å². The minimum Gasteiger partial charge on any atom is -0.444 e. The number of nitrogens with zero attached hydrogens (tertiary/aromatic N) is 1. The molecule has 1 aromatic carbocycles. The third kappa shape index (κ3) is 13.4. The van der Waals surface area contributed by atoms with Gasteiger partial charge in [0.2, 0.25) is 11.8 Å². The number of rotatable bonds is 17. The average molecular weight is 546 g/mol. The Morgan fingerprint density at radius 2 is 1.54 bits per heavy atom. The molecule has 222 valence electrons. The Morgan fingerprint density at radius 3 is 2.13 bits per heavy atom. The number of amides is 3. The largest absolute Gasteiger partial charge is 0.444 e. The summed E-state index contributed by atoms with van der Waals surface area (Å²) in [6, 6.07) is 6.18. The summed E-state index contributed by atoms with van der Waals surface area (Å²) in [6.45, 7) is 16.7. The lowest BCUT2D eigenvalue weighted by molar-refractivity contribution is -0.143. The lowest BCUT2D eigenvalue weighted by atomic mass is 9.96. The topological polar surface area (TPSA) is 87.7 Å². The van der Waals surface area contributed by atoms with Crippen LogP contribution >= 0.6 is 0 Å². The third-order valence-corrected chi connectivity index (χ3v) is 6.60. The van der Waals surface area contributed by atoms with Crippen LogP contribution in [0.5, 0.6) is 0 Å². The highest BCUT2D eigenvalue weighted by atomic mass is 16.6. The van der Waals surface area contributed by atoms with E-state index < -0.39 is 23.8 Å². The highest BCUT2D eigenvalue weighted by Gasteiger charge is 2.36.